The van der Waals surface area contributed by atoms with E-state index in [9.17, 15) is 33.6 Å². The van der Waals surface area contributed by atoms with Crippen molar-refractivity contribution < 1.29 is 41.7 Å². The summed E-state index contributed by atoms with van der Waals surface area (Å²) in [6.45, 7) is 3.38. The number of nitrogens with zero attached hydrogens (tertiary/aromatic N) is 2. The van der Waals surface area contributed by atoms with Gasteiger partial charge in [-0.2, -0.15) is 8.78 Å². The van der Waals surface area contributed by atoms with Crippen LogP contribution in [0.15, 0.2) is 12.1 Å². The number of methoxy groups -OCH3 is 2. The molecule has 0 aliphatic carbocycles. The van der Waals surface area contributed by atoms with E-state index in [1.54, 1.807) is 13.8 Å². The van der Waals surface area contributed by atoms with Crippen LogP contribution in [-0.2, 0) is 25.1 Å². The molecule has 0 bridgehead atoms. The van der Waals surface area contributed by atoms with E-state index in [-0.39, 0.29) is 45.5 Å². The third-order valence-corrected chi connectivity index (χ3v) is 7.58. The van der Waals surface area contributed by atoms with Crippen LogP contribution in [0.5, 0.6) is 11.5 Å². The SMILES string of the molecule is CCOP(=O)(Cc1cc(Cl)c(OC)c([N+](=O)[O-])c1F)OCC.COc1c(Cl)cc(CBr)c(F)c1[N+](=O)[O-]. The van der Waals surface area contributed by atoms with Gasteiger partial charge in [0.05, 0.1) is 53.5 Å². The van der Waals surface area contributed by atoms with Crippen LogP contribution < -0.4 is 9.47 Å². The number of hydrogen-bond donors (Lipinski definition) is 0. The molecule has 0 spiro atoms. The molecule has 2 aromatic carbocycles. The van der Waals surface area contributed by atoms with Crippen molar-refractivity contribution in [2.45, 2.75) is 25.3 Å². The molecule has 0 radical (unpaired) electrons. The molecular formula is C20H22BrCl2F2N2O9P. The summed E-state index contributed by atoms with van der Waals surface area (Å²) in [7, 11) is -1.29. The molecule has 0 aliphatic rings. The van der Waals surface area contributed by atoms with E-state index in [1.165, 1.54) is 13.2 Å². The molecule has 0 aliphatic heterocycles. The Morgan fingerprint density at radius 3 is 1.59 bits per heavy atom. The van der Waals surface area contributed by atoms with E-state index in [4.69, 9.17) is 37.0 Å². The van der Waals surface area contributed by atoms with Gasteiger partial charge in [-0.3, -0.25) is 24.8 Å². The standard InChI is InChI=1S/C12H16ClFNO6P.C8H6BrClFNO3/c1-4-20-22(18,21-5-2)7-8-6-9(13)12(19-3)11(10(8)14)15(16)17;1-15-8-5(10)2-4(3-9)6(11)7(8)12(13)14/h6H,4-5,7H2,1-3H3;2H,3H2,1H3. The third kappa shape index (κ3) is 8.20. The third-order valence-electron chi connectivity index (χ3n) is 4.38. The van der Waals surface area contributed by atoms with Crippen LogP contribution in [0.4, 0.5) is 20.2 Å². The van der Waals surface area contributed by atoms with Crippen molar-refractivity contribution in [1.29, 1.82) is 0 Å². The van der Waals surface area contributed by atoms with Crippen LogP contribution in [0, 0.1) is 31.9 Å². The van der Waals surface area contributed by atoms with Crippen LogP contribution >= 0.6 is 46.7 Å². The maximum atomic E-state index is 14.3. The van der Waals surface area contributed by atoms with Gasteiger partial charge in [-0.25, -0.2) is 0 Å². The lowest BCUT2D eigenvalue weighted by molar-refractivity contribution is -0.388. The van der Waals surface area contributed by atoms with Crippen LogP contribution in [-0.4, -0.2) is 37.3 Å². The molecule has 0 amide bonds. The summed E-state index contributed by atoms with van der Waals surface area (Å²) in [5.41, 5.74) is -1.76. The average Bonchev–Trinajstić information content (AvgIpc) is 2.81. The molecule has 37 heavy (non-hydrogen) atoms. The van der Waals surface area contributed by atoms with E-state index in [2.05, 4.69) is 20.7 Å². The van der Waals surface area contributed by atoms with Crippen molar-refractivity contribution in [3.63, 3.8) is 0 Å². The Hall–Kier alpha value is -2.09. The molecule has 0 heterocycles. The van der Waals surface area contributed by atoms with E-state index in [1.807, 2.05) is 0 Å². The first-order chi connectivity index (χ1) is 17.3. The summed E-state index contributed by atoms with van der Waals surface area (Å²) in [5.74, 6) is -2.76. The zero-order valence-electron chi connectivity index (χ0n) is 19.9. The summed E-state index contributed by atoms with van der Waals surface area (Å²) in [6.07, 6.45) is -0.467. The summed E-state index contributed by atoms with van der Waals surface area (Å²) in [4.78, 5) is 19.8. The van der Waals surface area contributed by atoms with Gasteiger partial charge in [0.1, 0.15) is 0 Å². The topological polar surface area (TPSA) is 140 Å². The Morgan fingerprint density at radius 1 is 0.892 bits per heavy atom. The summed E-state index contributed by atoms with van der Waals surface area (Å²) >= 11 is 14.6. The largest absolute Gasteiger partial charge is 0.489 e. The number of nitro benzene ring substituents is 2. The van der Waals surface area contributed by atoms with Crippen molar-refractivity contribution in [3.05, 3.63) is 65.2 Å². The van der Waals surface area contributed by atoms with Crippen LogP contribution in [0.1, 0.15) is 25.0 Å². The van der Waals surface area contributed by atoms with Crippen molar-refractivity contribution in [2.75, 3.05) is 27.4 Å². The van der Waals surface area contributed by atoms with E-state index < -0.39 is 52.4 Å². The van der Waals surface area contributed by atoms with Crippen LogP contribution in [0.3, 0.4) is 0 Å². The van der Waals surface area contributed by atoms with E-state index in [0.717, 1.165) is 13.2 Å². The van der Waals surface area contributed by atoms with Gasteiger partial charge < -0.3 is 18.5 Å². The van der Waals surface area contributed by atoms with E-state index in [0.29, 0.717) is 0 Å². The van der Waals surface area contributed by atoms with Gasteiger partial charge in [0.2, 0.25) is 23.1 Å². The fourth-order valence-corrected chi connectivity index (χ4v) is 5.65. The van der Waals surface area contributed by atoms with Crippen molar-refractivity contribution in [1.82, 2.24) is 0 Å². The number of benzene rings is 2. The minimum atomic E-state index is -3.62. The van der Waals surface area contributed by atoms with Gasteiger partial charge >= 0.3 is 19.0 Å². The number of rotatable bonds is 11. The lowest BCUT2D eigenvalue weighted by atomic mass is 10.2. The second-order valence-electron chi connectivity index (χ2n) is 6.68. The highest BCUT2D eigenvalue weighted by Crippen LogP contribution is 2.53. The minimum Gasteiger partial charge on any atom is -0.489 e. The highest BCUT2D eigenvalue weighted by molar-refractivity contribution is 9.08. The fourth-order valence-electron chi connectivity index (χ4n) is 2.95. The normalized spacial score (nSPS) is 10.9. The van der Waals surface area contributed by atoms with Gasteiger partial charge in [0.15, 0.2) is 0 Å². The highest BCUT2D eigenvalue weighted by atomic mass is 79.9. The molecule has 0 saturated heterocycles. The Bertz CT molecular complexity index is 1200. The number of halogens is 5. The maximum Gasteiger partial charge on any atom is 0.348 e. The average molecular weight is 654 g/mol. The smallest absolute Gasteiger partial charge is 0.348 e. The Morgan fingerprint density at radius 2 is 1.27 bits per heavy atom. The molecule has 11 nitrogen and oxygen atoms in total. The van der Waals surface area contributed by atoms with Crippen LogP contribution in [0.2, 0.25) is 10.0 Å². The first kappa shape index (κ1) is 32.9. The molecule has 0 aromatic heterocycles. The first-order valence-electron chi connectivity index (χ1n) is 10.1. The van der Waals surface area contributed by atoms with Gasteiger partial charge in [0, 0.05) is 16.5 Å². The fraction of sp³-hybridized carbons (Fsp3) is 0.400. The Balaban J connectivity index is 0.000000397. The monoisotopic (exact) mass is 652 g/mol. The van der Waals surface area contributed by atoms with Crippen LogP contribution in [0.25, 0.3) is 0 Å². The summed E-state index contributed by atoms with van der Waals surface area (Å²) in [6, 6.07) is 2.41. The second kappa shape index (κ2) is 14.7. The zero-order chi connectivity index (χ0) is 28.5. The lowest BCUT2D eigenvalue weighted by Crippen LogP contribution is -2.05. The van der Waals surface area contributed by atoms with Crippen molar-refractivity contribution in [2.24, 2.45) is 0 Å². The minimum absolute atomic E-state index is 0.0139. The molecular weight excluding hydrogens is 632 g/mol. The van der Waals surface area contributed by atoms with Crippen molar-refractivity contribution >= 4 is 58.1 Å². The lowest BCUT2D eigenvalue weighted by Gasteiger charge is -2.18. The maximum absolute atomic E-state index is 14.3. The molecule has 206 valence electrons. The highest BCUT2D eigenvalue weighted by Gasteiger charge is 2.33. The predicted molar refractivity (Wildman–Crippen MR) is 136 cm³/mol. The van der Waals surface area contributed by atoms with Gasteiger partial charge in [0.25, 0.3) is 0 Å². The Labute approximate surface area is 228 Å². The van der Waals surface area contributed by atoms with Gasteiger partial charge in [-0.15, -0.1) is 0 Å². The summed E-state index contributed by atoms with van der Waals surface area (Å²) < 4.78 is 59.9. The number of nitro groups is 2. The van der Waals surface area contributed by atoms with E-state index >= 15 is 0 Å². The quantitative estimate of drug-likeness (QED) is 0.105. The Kier molecular flexibility index (Phi) is 13.1. The number of hydrogen-bond acceptors (Lipinski definition) is 9. The van der Waals surface area contributed by atoms with Gasteiger partial charge in [-0.05, 0) is 26.0 Å². The number of ether oxygens (including phenoxy) is 2. The molecule has 2 rings (SSSR count). The molecule has 0 unspecified atom stereocenters. The second-order valence-corrected chi connectivity index (χ2v) is 10.1. The predicted octanol–water partition coefficient (Wildman–Crippen LogP) is 7.45. The van der Waals surface area contributed by atoms with Gasteiger partial charge in [-0.1, -0.05) is 39.1 Å². The first-order valence-corrected chi connectivity index (χ1v) is 13.7. The molecule has 0 N–H and O–H groups in total. The zero-order valence-corrected chi connectivity index (χ0v) is 23.9. The van der Waals surface area contributed by atoms with Crippen molar-refractivity contribution in [3.8, 4) is 11.5 Å². The number of alkyl halides is 1. The molecule has 17 heteroatoms. The molecule has 0 fully saturated rings. The summed E-state index contributed by atoms with van der Waals surface area (Å²) in [5, 5.41) is 21.6. The molecule has 2 aromatic rings. The molecule has 0 saturated carbocycles. The molecule has 0 atom stereocenters.